The number of hydrogen-bond acceptors (Lipinski definition) is 4. The summed E-state index contributed by atoms with van der Waals surface area (Å²) < 4.78 is 6.39. The third-order valence-corrected chi connectivity index (χ3v) is 4.60. The molecule has 0 saturated carbocycles. The van der Waals surface area contributed by atoms with Crippen molar-refractivity contribution in [1.29, 1.82) is 0 Å². The van der Waals surface area contributed by atoms with Gasteiger partial charge in [0.25, 0.3) is 5.56 Å². The minimum atomic E-state index is -0.339. The molecule has 7 nitrogen and oxygen atoms in total. The van der Waals surface area contributed by atoms with E-state index in [4.69, 9.17) is 0 Å². The van der Waals surface area contributed by atoms with Crippen molar-refractivity contribution in [3.8, 4) is 0 Å². The predicted octanol–water partition coefficient (Wildman–Crippen LogP) is 0.540. The van der Waals surface area contributed by atoms with Gasteiger partial charge in [0.15, 0.2) is 0 Å². The number of carbonyl (C=O) groups excluding carboxylic acids is 2. The van der Waals surface area contributed by atoms with E-state index in [1.165, 1.54) is 7.11 Å². The van der Waals surface area contributed by atoms with Crippen molar-refractivity contribution >= 4 is 12.0 Å². The second kappa shape index (κ2) is 6.44. The summed E-state index contributed by atoms with van der Waals surface area (Å²) in [4.78, 5) is 37.1. The Bertz CT molecular complexity index is 670. The molecule has 23 heavy (non-hydrogen) atoms. The van der Waals surface area contributed by atoms with E-state index >= 15 is 0 Å². The van der Waals surface area contributed by atoms with Crippen LogP contribution in [0.3, 0.4) is 0 Å². The zero-order valence-electron chi connectivity index (χ0n) is 13.2. The summed E-state index contributed by atoms with van der Waals surface area (Å²) >= 11 is 0. The number of amides is 2. The molecule has 0 aliphatic carbocycles. The SMILES string of the molecule is COC(=O)CCNC(=O)N1C[C@H]2C[C@H](C1)c1cccc(=O)n1C2. The highest BCUT2D eigenvalue weighted by molar-refractivity contribution is 5.75. The van der Waals surface area contributed by atoms with E-state index in [-0.39, 0.29) is 36.4 Å². The lowest BCUT2D eigenvalue weighted by atomic mass is 9.83. The first-order chi connectivity index (χ1) is 11.1. The lowest BCUT2D eigenvalue weighted by Gasteiger charge is -2.42. The summed E-state index contributed by atoms with van der Waals surface area (Å²) in [5, 5.41) is 2.76. The van der Waals surface area contributed by atoms with Crippen LogP contribution < -0.4 is 10.9 Å². The number of carbonyl (C=O) groups is 2. The Labute approximate surface area is 134 Å². The molecular weight excluding hydrogens is 298 g/mol. The molecule has 3 heterocycles. The van der Waals surface area contributed by atoms with E-state index in [1.807, 2.05) is 10.6 Å². The van der Waals surface area contributed by atoms with Crippen LogP contribution in [0.4, 0.5) is 4.79 Å². The van der Waals surface area contributed by atoms with Gasteiger partial charge in [0, 0.05) is 43.9 Å². The normalized spacial score (nSPS) is 22.2. The van der Waals surface area contributed by atoms with Crippen LogP contribution in [0.25, 0.3) is 0 Å². The standard InChI is InChI=1S/C16H21N3O4/c1-23-15(21)5-6-17-16(22)18-8-11-7-12(10-18)13-3-2-4-14(20)19(13)9-11/h2-4,11-12H,5-10H2,1H3,(H,17,22)/t11-,12-/m1/s1. The number of fused-ring (bicyclic) bond motifs is 4. The number of rotatable bonds is 3. The maximum atomic E-state index is 12.3. The predicted molar refractivity (Wildman–Crippen MR) is 83.2 cm³/mol. The van der Waals surface area contributed by atoms with Crippen molar-refractivity contribution < 1.29 is 14.3 Å². The third kappa shape index (κ3) is 3.23. The number of hydrogen-bond donors (Lipinski definition) is 1. The van der Waals surface area contributed by atoms with Gasteiger partial charge >= 0.3 is 12.0 Å². The van der Waals surface area contributed by atoms with Crippen molar-refractivity contribution in [3.63, 3.8) is 0 Å². The number of urea groups is 1. The summed E-state index contributed by atoms with van der Waals surface area (Å²) in [6.07, 6.45) is 1.18. The Morgan fingerprint density at radius 1 is 1.30 bits per heavy atom. The van der Waals surface area contributed by atoms with Gasteiger partial charge in [-0.3, -0.25) is 9.59 Å². The Kier molecular flexibility index (Phi) is 4.36. The number of likely N-dealkylation sites (tertiary alicyclic amines) is 1. The average Bonchev–Trinajstić information content (AvgIpc) is 2.55. The summed E-state index contributed by atoms with van der Waals surface area (Å²) in [5.41, 5.74) is 1.05. The molecule has 0 unspecified atom stereocenters. The van der Waals surface area contributed by atoms with E-state index in [0.29, 0.717) is 25.6 Å². The first-order valence-corrected chi connectivity index (χ1v) is 7.88. The van der Waals surface area contributed by atoms with Gasteiger partial charge in [-0.2, -0.15) is 0 Å². The fourth-order valence-corrected chi connectivity index (χ4v) is 3.55. The molecule has 7 heteroatoms. The molecule has 2 aliphatic rings. The smallest absolute Gasteiger partial charge is 0.317 e. The molecule has 2 bridgehead atoms. The summed E-state index contributed by atoms with van der Waals surface area (Å²) in [5.74, 6) is 0.157. The molecule has 3 rings (SSSR count). The van der Waals surface area contributed by atoms with Gasteiger partial charge in [-0.15, -0.1) is 0 Å². The van der Waals surface area contributed by atoms with Crippen LogP contribution in [0, 0.1) is 5.92 Å². The molecule has 1 saturated heterocycles. The van der Waals surface area contributed by atoms with E-state index in [2.05, 4.69) is 10.1 Å². The fraction of sp³-hybridized carbons (Fsp3) is 0.562. The number of aromatic nitrogens is 1. The molecule has 1 fully saturated rings. The molecule has 0 spiro atoms. The maximum absolute atomic E-state index is 12.3. The first-order valence-electron chi connectivity index (χ1n) is 7.88. The molecule has 1 aromatic rings. The zero-order valence-corrected chi connectivity index (χ0v) is 13.2. The summed E-state index contributed by atoms with van der Waals surface area (Å²) in [7, 11) is 1.33. The van der Waals surface area contributed by atoms with Crippen molar-refractivity contribution in [2.45, 2.75) is 25.3 Å². The van der Waals surface area contributed by atoms with Gasteiger partial charge in [-0.25, -0.2) is 4.79 Å². The lowest BCUT2D eigenvalue weighted by molar-refractivity contribution is -0.140. The molecule has 0 aromatic carbocycles. The fourth-order valence-electron chi connectivity index (χ4n) is 3.55. The van der Waals surface area contributed by atoms with E-state index in [1.54, 1.807) is 17.0 Å². The van der Waals surface area contributed by atoms with Crippen LogP contribution >= 0.6 is 0 Å². The van der Waals surface area contributed by atoms with Crippen LogP contribution in [0.5, 0.6) is 0 Å². The van der Waals surface area contributed by atoms with Gasteiger partial charge < -0.3 is 19.5 Å². The molecular formula is C16H21N3O4. The summed E-state index contributed by atoms with van der Waals surface area (Å²) in [6, 6.07) is 5.18. The van der Waals surface area contributed by atoms with Crippen molar-refractivity contribution in [1.82, 2.24) is 14.8 Å². The van der Waals surface area contributed by atoms with Gasteiger partial charge in [-0.1, -0.05) is 6.07 Å². The van der Waals surface area contributed by atoms with Gasteiger partial charge in [-0.05, 0) is 18.4 Å². The number of methoxy groups -OCH3 is 1. The van der Waals surface area contributed by atoms with Crippen LogP contribution in [0.15, 0.2) is 23.0 Å². The molecule has 1 N–H and O–H groups in total. The summed E-state index contributed by atoms with van der Waals surface area (Å²) in [6.45, 7) is 2.18. The molecule has 124 valence electrons. The van der Waals surface area contributed by atoms with Crippen LogP contribution in [-0.2, 0) is 16.1 Å². The van der Waals surface area contributed by atoms with Gasteiger partial charge in [0.05, 0.1) is 13.5 Å². The molecule has 0 radical (unpaired) electrons. The largest absolute Gasteiger partial charge is 0.469 e. The Balaban J connectivity index is 1.64. The molecule has 1 aromatic heterocycles. The van der Waals surface area contributed by atoms with E-state index in [0.717, 1.165) is 12.1 Å². The number of piperidine rings is 1. The minimum absolute atomic E-state index is 0.0354. The minimum Gasteiger partial charge on any atom is -0.469 e. The second-order valence-corrected chi connectivity index (χ2v) is 6.16. The Morgan fingerprint density at radius 2 is 2.13 bits per heavy atom. The molecule has 2 aliphatic heterocycles. The van der Waals surface area contributed by atoms with Crippen LogP contribution in [0.2, 0.25) is 0 Å². The third-order valence-electron chi connectivity index (χ3n) is 4.60. The number of ether oxygens (including phenoxy) is 1. The number of nitrogens with one attached hydrogen (secondary N) is 1. The Hall–Kier alpha value is -2.31. The van der Waals surface area contributed by atoms with Crippen LogP contribution in [-0.4, -0.2) is 48.2 Å². The van der Waals surface area contributed by atoms with Crippen molar-refractivity contribution in [2.75, 3.05) is 26.7 Å². The highest BCUT2D eigenvalue weighted by Crippen LogP contribution is 2.34. The number of esters is 1. The number of nitrogens with zero attached hydrogens (tertiary/aromatic N) is 2. The zero-order chi connectivity index (χ0) is 16.4. The first kappa shape index (κ1) is 15.6. The van der Waals surface area contributed by atoms with Crippen molar-refractivity contribution in [3.05, 3.63) is 34.2 Å². The van der Waals surface area contributed by atoms with Crippen LogP contribution in [0.1, 0.15) is 24.5 Å². The van der Waals surface area contributed by atoms with Gasteiger partial charge in [0.1, 0.15) is 0 Å². The molecule has 2 amide bonds. The quantitative estimate of drug-likeness (QED) is 0.825. The van der Waals surface area contributed by atoms with Crippen molar-refractivity contribution in [2.24, 2.45) is 5.92 Å². The molecule has 2 atom stereocenters. The second-order valence-electron chi connectivity index (χ2n) is 6.16. The monoisotopic (exact) mass is 319 g/mol. The highest BCUT2D eigenvalue weighted by Gasteiger charge is 2.36. The number of pyridine rings is 1. The Morgan fingerprint density at radius 3 is 2.91 bits per heavy atom. The maximum Gasteiger partial charge on any atom is 0.317 e. The highest BCUT2D eigenvalue weighted by atomic mass is 16.5. The van der Waals surface area contributed by atoms with Gasteiger partial charge in [0.2, 0.25) is 0 Å². The van der Waals surface area contributed by atoms with E-state index in [9.17, 15) is 14.4 Å². The van der Waals surface area contributed by atoms with E-state index < -0.39 is 0 Å². The average molecular weight is 319 g/mol. The topological polar surface area (TPSA) is 80.6 Å². The lowest BCUT2D eigenvalue weighted by Crippen LogP contribution is -2.52.